The monoisotopic (exact) mass is 225 g/mol. The highest BCUT2D eigenvalue weighted by molar-refractivity contribution is 5.74. The van der Waals surface area contributed by atoms with Crippen LogP contribution in [0.1, 0.15) is 39.0 Å². The van der Waals surface area contributed by atoms with Gasteiger partial charge in [-0.05, 0) is 45.6 Å². The second-order valence-electron chi connectivity index (χ2n) is 4.79. The van der Waals surface area contributed by atoms with E-state index in [0.717, 1.165) is 32.5 Å². The van der Waals surface area contributed by atoms with Crippen molar-refractivity contribution in [3.8, 4) is 0 Å². The highest BCUT2D eigenvalue weighted by Gasteiger charge is 2.33. The van der Waals surface area contributed by atoms with Gasteiger partial charge < -0.3 is 15.5 Å². The lowest BCUT2D eigenvalue weighted by molar-refractivity contribution is 0.133. The summed E-state index contributed by atoms with van der Waals surface area (Å²) in [5.41, 5.74) is 0. The fraction of sp³-hybridized carbons (Fsp3) is 0.917. The van der Waals surface area contributed by atoms with Crippen LogP contribution < -0.4 is 10.6 Å². The normalized spacial score (nSPS) is 30.4. The van der Waals surface area contributed by atoms with E-state index in [9.17, 15) is 4.79 Å². The Bertz CT molecular complexity index is 238. The van der Waals surface area contributed by atoms with Gasteiger partial charge in [0.15, 0.2) is 0 Å². The first-order valence-corrected chi connectivity index (χ1v) is 6.60. The fourth-order valence-corrected chi connectivity index (χ4v) is 2.92. The lowest BCUT2D eigenvalue weighted by atomic mass is 9.95. The Hall–Kier alpha value is -0.770. The van der Waals surface area contributed by atoms with Gasteiger partial charge in [0.25, 0.3) is 0 Å². The van der Waals surface area contributed by atoms with Gasteiger partial charge in [0.05, 0.1) is 0 Å². The van der Waals surface area contributed by atoms with Crippen molar-refractivity contribution in [1.82, 2.24) is 15.5 Å². The van der Waals surface area contributed by atoms with Crippen LogP contribution >= 0.6 is 0 Å². The quantitative estimate of drug-likeness (QED) is 0.744. The summed E-state index contributed by atoms with van der Waals surface area (Å²) in [7, 11) is 0. The van der Waals surface area contributed by atoms with E-state index in [-0.39, 0.29) is 6.03 Å². The Balaban J connectivity index is 1.98. The molecule has 0 saturated carbocycles. The number of nitrogens with one attached hydrogen (secondary N) is 2. The summed E-state index contributed by atoms with van der Waals surface area (Å²) in [5.74, 6) is 0. The van der Waals surface area contributed by atoms with Crippen LogP contribution in [0.5, 0.6) is 0 Å². The number of hydrogen-bond donors (Lipinski definition) is 2. The van der Waals surface area contributed by atoms with Crippen molar-refractivity contribution in [2.45, 2.75) is 51.1 Å². The average molecular weight is 225 g/mol. The van der Waals surface area contributed by atoms with Crippen molar-refractivity contribution < 1.29 is 4.79 Å². The highest BCUT2D eigenvalue weighted by atomic mass is 16.2. The minimum Gasteiger partial charge on any atom is -0.338 e. The average Bonchev–Trinajstić information content (AvgIpc) is 2.83. The van der Waals surface area contributed by atoms with Crippen molar-refractivity contribution in [3.63, 3.8) is 0 Å². The number of carbonyl (C=O) groups is 1. The van der Waals surface area contributed by atoms with Gasteiger partial charge >= 0.3 is 6.03 Å². The molecule has 4 heteroatoms. The lowest BCUT2D eigenvalue weighted by Gasteiger charge is -2.39. The van der Waals surface area contributed by atoms with Crippen molar-refractivity contribution in [1.29, 1.82) is 0 Å². The van der Waals surface area contributed by atoms with E-state index in [4.69, 9.17) is 0 Å². The van der Waals surface area contributed by atoms with E-state index in [0.29, 0.717) is 12.1 Å². The number of amides is 2. The molecule has 2 saturated heterocycles. The van der Waals surface area contributed by atoms with Crippen LogP contribution in [0.3, 0.4) is 0 Å². The molecule has 2 fully saturated rings. The van der Waals surface area contributed by atoms with Crippen LogP contribution in [0.15, 0.2) is 0 Å². The van der Waals surface area contributed by atoms with Crippen LogP contribution in [0.2, 0.25) is 0 Å². The van der Waals surface area contributed by atoms with Crippen molar-refractivity contribution in [2.75, 3.05) is 19.6 Å². The zero-order valence-electron chi connectivity index (χ0n) is 10.2. The molecule has 2 heterocycles. The third-order valence-electron chi connectivity index (χ3n) is 3.70. The van der Waals surface area contributed by atoms with Crippen LogP contribution in [0.25, 0.3) is 0 Å². The maximum absolute atomic E-state index is 12.0. The number of urea groups is 1. The van der Waals surface area contributed by atoms with Crippen LogP contribution in [-0.2, 0) is 0 Å². The molecule has 0 spiro atoms. The molecule has 2 unspecified atom stereocenters. The summed E-state index contributed by atoms with van der Waals surface area (Å²) in [6.07, 6.45) is 6.05. The second-order valence-corrected chi connectivity index (χ2v) is 4.79. The van der Waals surface area contributed by atoms with E-state index in [1.165, 1.54) is 19.3 Å². The number of rotatable bonds is 2. The standard InChI is InChI=1S/C12H23N3O/c1-2-13-12(16)15-9-4-3-7-11(15)10-6-5-8-14-10/h10-11,14H,2-9H2,1H3,(H,13,16). The van der Waals surface area contributed by atoms with Gasteiger partial charge in [-0.1, -0.05) is 0 Å². The number of hydrogen-bond acceptors (Lipinski definition) is 2. The lowest BCUT2D eigenvalue weighted by Crippen LogP contribution is -2.55. The van der Waals surface area contributed by atoms with E-state index < -0.39 is 0 Å². The van der Waals surface area contributed by atoms with E-state index in [1.54, 1.807) is 0 Å². The largest absolute Gasteiger partial charge is 0.338 e. The van der Waals surface area contributed by atoms with Gasteiger partial charge in [-0.15, -0.1) is 0 Å². The molecular weight excluding hydrogens is 202 g/mol. The third kappa shape index (κ3) is 2.48. The molecule has 0 aliphatic carbocycles. The Labute approximate surface area is 97.8 Å². The molecule has 2 rings (SSSR count). The summed E-state index contributed by atoms with van der Waals surface area (Å²) in [5, 5.41) is 6.46. The summed E-state index contributed by atoms with van der Waals surface area (Å²) in [6.45, 7) is 4.74. The molecule has 2 aliphatic heterocycles. The number of piperidine rings is 1. The van der Waals surface area contributed by atoms with Crippen LogP contribution in [0, 0.1) is 0 Å². The van der Waals surface area contributed by atoms with Gasteiger partial charge in [0.1, 0.15) is 0 Å². The zero-order chi connectivity index (χ0) is 11.4. The molecule has 0 aromatic heterocycles. The minimum absolute atomic E-state index is 0.126. The summed E-state index contributed by atoms with van der Waals surface area (Å²) < 4.78 is 0. The minimum atomic E-state index is 0.126. The van der Waals surface area contributed by atoms with Gasteiger partial charge in [-0.2, -0.15) is 0 Å². The van der Waals surface area contributed by atoms with Gasteiger partial charge in [-0.25, -0.2) is 4.79 Å². The molecule has 2 aliphatic rings. The van der Waals surface area contributed by atoms with Crippen LogP contribution in [0.4, 0.5) is 4.79 Å². The predicted octanol–water partition coefficient (Wildman–Crippen LogP) is 1.32. The zero-order valence-corrected chi connectivity index (χ0v) is 10.2. The van der Waals surface area contributed by atoms with E-state index >= 15 is 0 Å². The van der Waals surface area contributed by atoms with Gasteiger partial charge in [-0.3, -0.25) is 0 Å². The first kappa shape index (κ1) is 11.7. The Morgan fingerprint density at radius 1 is 1.38 bits per heavy atom. The topological polar surface area (TPSA) is 44.4 Å². The summed E-state index contributed by atoms with van der Waals surface area (Å²) in [6, 6.07) is 1.08. The van der Waals surface area contributed by atoms with E-state index in [2.05, 4.69) is 15.5 Å². The predicted molar refractivity (Wildman–Crippen MR) is 64.4 cm³/mol. The fourth-order valence-electron chi connectivity index (χ4n) is 2.92. The Morgan fingerprint density at radius 3 is 2.94 bits per heavy atom. The van der Waals surface area contributed by atoms with Crippen molar-refractivity contribution in [3.05, 3.63) is 0 Å². The first-order valence-electron chi connectivity index (χ1n) is 6.60. The third-order valence-corrected chi connectivity index (χ3v) is 3.70. The SMILES string of the molecule is CCNC(=O)N1CCCCC1C1CCCN1. The Kier molecular flexibility index (Phi) is 4.04. The molecular formula is C12H23N3O. The number of likely N-dealkylation sites (tertiary alicyclic amines) is 1. The smallest absolute Gasteiger partial charge is 0.317 e. The molecule has 0 bridgehead atoms. The van der Waals surface area contributed by atoms with Gasteiger partial charge in [0, 0.05) is 25.2 Å². The Morgan fingerprint density at radius 2 is 2.25 bits per heavy atom. The van der Waals surface area contributed by atoms with Gasteiger partial charge in [0.2, 0.25) is 0 Å². The van der Waals surface area contributed by atoms with E-state index in [1.807, 2.05) is 6.92 Å². The molecule has 2 N–H and O–H groups in total. The molecule has 16 heavy (non-hydrogen) atoms. The first-order chi connectivity index (χ1) is 7.83. The van der Waals surface area contributed by atoms with Crippen LogP contribution in [-0.4, -0.2) is 42.6 Å². The highest BCUT2D eigenvalue weighted by Crippen LogP contribution is 2.24. The molecule has 92 valence electrons. The van der Waals surface area contributed by atoms with Crippen molar-refractivity contribution in [2.24, 2.45) is 0 Å². The molecule has 0 aromatic rings. The molecule has 0 radical (unpaired) electrons. The summed E-state index contributed by atoms with van der Waals surface area (Å²) >= 11 is 0. The molecule has 2 amide bonds. The number of carbonyl (C=O) groups excluding carboxylic acids is 1. The maximum atomic E-state index is 12.0. The number of nitrogens with zero attached hydrogens (tertiary/aromatic N) is 1. The molecule has 0 aromatic carbocycles. The maximum Gasteiger partial charge on any atom is 0.317 e. The summed E-state index contributed by atoms with van der Waals surface area (Å²) in [4.78, 5) is 14.0. The second kappa shape index (κ2) is 5.53. The molecule has 2 atom stereocenters. The van der Waals surface area contributed by atoms with Crippen molar-refractivity contribution >= 4 is 6.03 Å². The molecule has 4 nitrogen and oxygen atoms in total.